The van der Waals surface area contributed by atoms with Gasteiger partial charge in [-0.05, 0) is 47.7 Å². The van der Waals surface area contributed by atoms with Crippen molar-refractivity contribution < 1.29 is 62.7 Å². The van der Waals surface area contributed by atoms with Crippen LogP contribution < -0.4 is 31.8 Å². The molecule has 0 aliphatic heterocycles. The Bertz CT molecular complexity index is 1500. The predicted molar refractivity (Wildman–Crippen MR) is 191 cm³/mol. The average molecular weight is 920 g/mol. The Hall–Kier alpha value is -3.67. The summed E-state index contributed by atoms with van der Waals surface area (Å²) in [6.45, 7) is 0. The number of benzene rings is 6. The fourth-order valence-electron chi connectivity index (χ4n) is 4.62. The van der Waals surface area contributed by atoms with Gasteiger partial charge in [0.2, 0.25) is 0 Å². The molecule has 0 heterocycles. The molecule has 0 aromatic heterocycles. The number of aliphatic hydroxyl groups is 1. The Morgan fingerprint density at radius 2 is 0.510 bits per heavy atom. The third-order valence-corrected chi connectivity index (χ3v) is 11.9. The molecule has 6 rings (SSSR count). The maximum absolute atomic E-state index is 11.3. The topological polar surface area (TPSA) is 49.7 Å². The Labute approximate surface area is 309 Å². The molecule has 0 bridgehead atoms. The van der Waals surface area contributed by atoms with Gasteiger partial charge in [0.25, 0.3) is 0 Å². The molecule has 0 atom stereocenters. The number of hydrogen-bond donors (Lipinski definition) is 2. The van der Waals surface area contributed by atoms with Gasteiger partial charge >= 0.3 is 18.1 Å². The normalized spacial score (nSPS) is 11.4. The van der Waals surface area contributed by atoms with Gasteiger partial charge in [-0.15, -0.1) is 0 Å². The first-order valence-electron chi connectivity index (χ1n) is 15.0. The SMILES string of the molecule is OOC(O)(C(F)(F)F)C(F)(F)F.[Pt].c1ccc(P(c2ccccc2)c2ccccc2)cc1.c1ccc(P(c2ccccc2)c2ccccc2)cc1. The second-order valence-corrected chi connectivity index (χ2v) is 14.9. The first-order chi connectivity index (χ1) is 24.0. The number of rotatable bonds is 7. The molecule has 0 radical (unpaired) electrons. The van der Waals surface area contributed by atoms with Crippen molar-refractivity contribution in [2.75, 3.05) is 0 Å². The summed E-state index contributed by atoms with van der Waals surface area (Å²) in [5, 5.41) is 23.4. The van der Waals surface area contributed by atoms with Gasteiger partial charge in [-0.2, -0.15) is 31.2 Å². The van der Waals surface area contributed by atoms with Gasteiger partial charge in [0.15, 0.2) is 0 Å². The van der Waals surface area contributed by atoms with Gasteiger partial charge < -0.3 is 5.11 Å². The molecule has 0 saturated carbocycles. The van der Waals surface area contributed by atoms with Crippen molar-refractivity contribution in [2.45, 2.75) is 18.1 Å². The van der Waals surface area contributed by atoms with Crippen LogP contribution in [0.4, 0.5) is 26.3 Å². The van der Waals surface area contributed by atoms with Crippen molar-refractivity contribution in [3.8, 4) is 0 Å². The molecule has 268 valence electrons. The first-order valence-corrected chi connectivity index (χ1v) is 17.7. The van der Waals surface area contributed by atoms with E-state index in [1.807, 2.05) is 4.89 Å². The van der Waals surface area contributed by atoms with Gasteiger partial charge in [0.1, 0.15) is 0 Å². The number of halogens is 6. The third kappa shape index (κ3) is 11.4. The van der Waals surface area contributed by atoms with Crippen LogP contribution in [-0.2, 0) is 26.0 Å². The standard InChI is InChI=1S/2C18H15P.C3H2F6O3.Pt/c2*1-4-10-16(11-5-1)19(17-12-6-2-7-13-17)18-14-8-3-9-15-18;4-2(5,6)1(10,12-11)3(7,8)9;/h2*1-15H;10-11H;. The predicted octanol–water partition coefficient (Wildman–Crippen LogP) is 8.18. The van der Waals surface area contributed by atoms with Crippen LogP contribution in [0.2, 0.25) is 0 Å². The van der Waals surface area contributed by atoms with Crippen molar-refractivity contribution >= 4 is 47.7 Å². The zero-order chi connectivity index (χ0) is 36.0. The minimum atomic E-state index is -6.15. The minimum absolute atomic E-state index is 0. The van der Waals surface area contributed by atoms with Crippen molar-refractivity contribution in [1.29, 1.82) is 0 Å². The van der Waals surface area contributed by atoms with Crippen LogP contribution in [0.1, 0.15) is 0 Å². The molecule has 6 aromatic carbocycles. The molecule has 51 heavy (non-hydrogen) atoms. The zero-order valence-electron chi connectivity index (χ0n) is 26.6. The van der Waals surface area contributed by atoms with Crippen molar-refractivity contribution in [1.82, 2.24) is 0 Å². The van der Waals surface area contributed by atoms with E-state index in [1.165, 1.54) is 31.8 Å². The van der Waals surface area contributed by atoms with Gasteiger partial charge in [0.05, 0.1) is 0 Å². The minimum Gasteiger partial charge on any atom is -0.349 e. The monoisotopic (exact) mass is 919 g/mol. The average Bonchev–Trinajstić information content (AvgIpc) is 3.14. The Morgan fingerprint density at radius 3 is 0.608 bits per heavy atom. The Morgan fingerprint density at radius 1 is 0.353 bits per heavy atom. The molecule has 0 fully saturated rings. The van der Waals surface area contributed by atoms with Crippen LogP contribution in [0.5, 0.6) is 0 Å². The second-order valence-electron chi connectivity index (χ2n) is 10.4. The fraction of sp³-hybridized carbons (Fsp3) is 0.0769. The molecule has 0 aliphatic rings. The largest absolute Gasteiger partial charge is 0.455 e. The van der Waals surface area contributed by atoms with Crippen molar-refractivity contribution in [3.63, 3.8) is 0 Å². The molecular weight excluding hydrogens is 887 g/mol. The third-order valence-electron chi connectivity index (χ3n) is 6.99. The Kier molecular flexibility index (Phi) is 16.2. The first kappa shape index (κ1) is 41.7. The summed E-state index contributed by atoms with van der Waals surface area (Å²) in [7, 11) is -0.892. The number of hydrogen-bond acceptors (Lipinski definition) is 3. The van der Waals surface area contributed by atoms with Crippen molar-refractivity contribution in [3.05, 3.63) is 182 Å². The zero-order valence-corrected chi connectivity index (χ0v) is 30.7. The molecule has 6 aromatic rings. The molecule has 0 spiro atoms. The summed E-state index contributed by atoms with van der Waals surface area (Å²) < 4.78 is 68.1. The molecule has 0 amide bonds. The summed E-state index contributed by atoms with van der Waals surface area (Å²) >= 11 is 0. The van der Waals surface area contributed by atoms with E-state index in [-0.39, 0.29) is 21.1 Å². The van der Waals surface area contributed by atoms with Crippen LogP contribution in [0.15, 0.2) is 182 Å². The van der Waals surface area contributed by atoms with E-state index in [0.29, 0.717) is 0 Å². The van der Waals surface area contributed by atoms with Gasteiger partial charge in [0, 0.05) is 21.1 Å². The van der Waals surface area contributed by atoms with Crippen molar-refractivity contribution in [2.24, 2.45) is 0 Å². The molecule has 3 nitrogen and oxygen atoms in total. The van der Waals surface area contributed by atoms with Crippen LogP contribution >= 0.6 is 15.8 Å². The van der Waals surface area contributed by atoms with E-state index in [4.69, 9.17) is 10.4 Å². The van der Waals surface area contributed by atoms with Crippen LogP contribution in [0.3, 0.4) is 0 Å². The maximum Gasteiger partial charge on any atom is 0.455 e. The summed E-state index contributed by atoms with van der Waals surface area (Å²) in [6.07, 6.45) is -12.3. The second kappa shape index (κ2) is 19.8. The van der Waals surface area contributed by atoms with Gasteiger partial charge in [-0.3, -0.25) is 0 Å². The van der Waals surface area contributed by atoms with Gasteiger partial charge in [-0.25, -0.2) is 5.26 Å². The van der Waals surface area contributed by atoms with Crippen LogP contribution in [0, 0.1) is 0 Å². The maximum atomic E-state index is 11.3. The molecule has 0 saturated heterocycles. The van der Waals surface area contributed by atoms with Gasteiger partial charge in [-0.1, -0.05) is 182 Å². The Balaban J connectivity index is 0.000000211. The molecular formula is C39H32F6O3P2Pt. The van der Waals surface area contributed by atoms with E-state index >= 15 is 0 Å². The molecule has 0 unspecified atom stereocenters. The quantitative estimate of drug-likeness (QED) is 0.0559. The summed E-state index contributed by atoms with van der Waals surface area (Å²) in [5.41, 5.74) is 0. The van der Waals surface area contributed by atoms with E-state index in [1.54, 1.807) is 0 Å². The smallest absolute Gasteiger partial charge is 0.349 e. The molecule has 12 heteroatoms. The molecule has 2 N–H and O–H groups in total. The summed E-state index contributed by atoms with van der Waals surface area (Å²) in [6, 6.07) is 64.7. The fourth-order valence-corrected chi connectivity index (χ4v) is 9.23. The van der Waals surface area contributed by atoms with E-state index in [0.717, 1.165) is 0 Å². The van der Waals surface area contributed by atoms with E-state index in [2.05, 4.69) is 182 Å². The summed E-state index contributed by atoms with van der Waals surface area (Å²) in [5.74, 6) is -5.53. The molecule has 0 aliphatic carbocycles. The number of alkyl halides is 6. The van der Waals surface area contributed by atoms with Crippen LogP contribution in [0.25, 0.3) is 0 Å². The summed E-state index contributed by atoms with van der Waals surface area (Å²) in [4.78, 5) is 1.97. The van der Waals surface area contributed by atoms with E-state index < -0.39 is 34.0 Å². The van der Waals surface area contributed by atoms with E-state index in [9.17, 15) is 26.3 Å². The van der Waals surface area contributed by atoms with Crippen LogP contribution in [-0.4, -0.2) is 28.5 Å².